The Hall–Kier alpha value is -1.73. The number of rotatable bonds is 5. The lowest BCUT2D eigenvalue weighted by atomic mass is 10.5. The number of aryl methyl sites for hydroxylation is 1. The van der Waals surface area contributed by atoms with E-state index in [4.69, 9.17) is 11.6 Å². The highest BCUT2D eigenvalue weighted by Gasteiger charge is 2.18. The van der Waals surface area contributed by atoms with Crippen molar-refractivity contribution in [3.8, 4) is 0 Å². The number of hydrogen-bond donors (Lipinski definition) is 0. The number of hydrogen-bond acceptors (Lipinski definition) is 4. The van der Waals surface area contributed by atoms with Crippen LogP contribution in [-0.4, -0.2) is 24.4 Å². The highest BCUT2D eigenvalue weighted by atomic mass is 35.5. The van der Waals surface area contributed by atoms with Gasteiger partial charge in [0.05, 0.1) is 0 Å². The van der Waals surface area contributed by atoms with E-state index in [0.717, 1.165) is 4.57 Å². The third-order valence-electron chi connectivity index (χ3n) is 3.20. The van der Waals surface area contributed by atoms with Crippen LogP contribution in [0.25, 0.3) is 11.2 Å². The fourth-order valence-corrected chi connectivity index (χ4v) is 3.19. The van der Waals surface area contributed by atoms with Crippen LogP contribution < -0.4 is 11.2 Å². The third kappa shape index (κ3) is 2.91. The van der Waals surface area contributed by atoms with Gasteiger partial charge in [-0.3, -0.25) is 13.9 Å². The maximum atomic E-state index is 12.4. The van der Waals surface area contributed by atoms with Gasteiger partial charge < -0.3 is 4.57 Å². The first kappa shape index (κ1) is 16.6. The van der Waals surface area contributed by atoms with Crippen LogP contribution in [0.1, 0.15) is 6.92 Å². The average molecular weight is 341 g/mol. The Morgan fingerprint density at radius 1 is 1.36 bits per heavy atom. The lowest BCUT2D eigenvalue weighted by Crippen LogP contribution is -2.37. The van der Waals surface area contributed by atoms with Crippen LogP contribution in [0.5, 0.6) is 0 Å². The highest BCUT2D eigenvalue weighted by molar-refractivity contribution is 7.99. The van der Waals surface area contributed by atoms with Gasteiger partial charge in [0, 0.05) is 31.4 Å². The van der Waals surface area contributed by atoms with Gasteiger partial charge in [-0.1, -0.05) is 35.5 Å². The number of imidazole rings is 1. The molecule has 0 aliphatic rings. The predicted octanol–water partition coefficient (Wildman–Crippen LogP) is 1.85. The van der Waals surface area contributed by atoms with Crippen molar-refractivity contribution in [3.63, 3.8) is 0 Å². The number of aromatic nitrogens is 4. The molecule has 2 rings (SSSR count). The lowest BCUT2D eigenvalue weighted by Gasteiger charge is -2.06. The summed E-state index contributed by atoms with van der Waals surface area (Å²) >= 11 is 7.27. The van der Waals surface area contributed by atoms with Gasteiger partial charge >= 0.3 is 5.69 Å². The van der Waals surface area contributed by atoms with Crippen LogP contribution in [0.4, 0.5) is 0 Å². The first-order valence-electron chi connectivity index (χ1n) is 6.60. The van der Waals surface area contributed by atoms with Gasteiger partial charge in [0.15, 0.2) is 16.3 Å². The largest absolute Gasteiger partial charge is 0.332 e. The molecular formula is C14H17ClN4O2S. The lowest BCUT2D eigenvalue weighted by molar-refractivity contribution is 0.700. The van der Waals surface area contributed by atoms with Crippen molar-refractivity contribution in [2.75, 3.05) is 5.75 Å². The molecule has 0 saturated carbocycles. The molecule has 0 amide bonds. The summed E-state index contributed by atoms with van der Waals surface area (Å²) in [5.74, 6) is 0.629. The summed E-state index contributed by atoms with van der Waals surface area (Å²) in [5.41, 5.74) is 0.0276. The van der Waals surface area contributed by atoms with Crippen molar-refractivity contribution in [2.45, 2.75) is 18.6 Å². The van der Waals surface area contributed by atoms with E-state index < -0.39 is 5.69 Å². The van der Waals surface area contributed by atoms with Gasteiger partial charge in [-0.05, 0) is 6.92 Å². The third-order valence-corrected chi connectivity index (χ3v) is 4.26. The molecule has 0 aliphatic heterocycles. The Balaban J connectivity index is 2.70. The minimum atomic E-state index is -0.395. The van der Waals surface area contributed by atoms with E-state index in [1.165, 1.54) is 23.4 Å². The summed E-state index contributed by atoms with van der Waals surface area (Å²) in [5, 5.41) is 1.35. The first-order chi connectivity index (χ1) is 10.4. The van der Waals surface area contributed by atoms with Crippen molar-refractivity contribution in [1.82, 2.24) is 18.7 Å². The van der Waals surface area contributed by atoms with E-state index >= 15 is 0 Å². The standard InChI is InChI=1S/C14H17ClN4O2S/c1-5-7-19-10-11(16-13(19)22-8-6-9(2)15)17(3)14(21)18(4)12(10)20/h5-6H,1,7-8H2,2-4H3/b9-6+. The van der Waals surface area contributed by atoms with Crippen molar-refractivity contribution in [1.29, 1.82) is 0 Å². The second-order valence-corrected chi connectivity index (χ2v) is 6.36. The molecule has 22 heavy (non-hydrogen) atoms. The van der Waals surface area contributed by atoms with Gasteiger partial charge in [-0.2, -0.15) is 0 Å². The van der Waals surface area contributed by atoms with Gasteiger partial charge in [0.1, 0.15) is 0 Å². The molecule has 0 radical (unpaired) electrons. The Kier molecular flexibility index (Phi) is 4.97. The Morgan fingerprint density at radius 3 is 2.64 bits per heavy atom. The number of allylic oxidation sites excluding steroid dienone is 2. The number of nitrogens with zero attached hydrogens (tertiary/aromatic N) is 4. The van der Waals surface area contributed by atoms with E-state index in [-0.39, 0.29) is 5.56 Å². The topological polar surface area (TPSA) is 61.8 Å². The van der Waals surface area contributed by atoms with E-state index in [9.17, 15) is 9.59 Å². The Labute approximate surface area is 136 Å². The molecule has 2 heterocycles. The van der Waals surface area contributed by atoms with E-state index in [1.54, 1.807) is 24.6 Å². The van der Waals surface area contributed by atoms with E-state index in [1.807, 2.05) is 6.08 Å². The van der Waals surface area contributed by atoms with Crippen molar-refractivity contribution in [3.05, 3.63) is 44.6 Å². The van der Waals surface area contributed by atoms with Crippen molar-refractivity contribution >= 4 is 34.5 Å². The maximum Gasteiger partial charge on any atom is 0.332 e. The van der Waals surface area contributed by atoms with Crippen molar-refractivity contribution < 1.29 is 0 Å². The summed E-state index contributed by atoms with van der Waals surface area (Å²) in [4.78, 5) is 28.9. The monoisotopic (exact) mass is 340 g/mol. The molecule has 6 nitrogen and oxygen atoms in total. The zero-order valence-corrected chi connectivity index (χ0v) is 14.2. The summed E-state index contributed by atoms with van der Waals surface area (Å²) in [6.07, 6.45) is 3.55. The van der Waals surface area contributed by atoms with Crippen LogP contribution in [0.15, 0.2) is 38.5 Å². The molecule has 0 unspecified atom stereocenters. The molecular weight excluding hydrogens is 324 g/mol. The van der Waals surface area contributed by atoms with Crippen LogP contribution >= 0.6 is 23.4 Å². The van der Waals surface area contributed by atoms with Gasteiger partial charge in [-0.25, -0.2) is 9.78 Å². The first-order valence-corrected chi connectivity index (χ1v) is 7.97. The van der Waals surface area contributed by atoms with E-state index in [0.29, 0.717) is 33.7 Å². The molecule has 0 atom stereocenters. The van der Waals surface area contributed by atoms with Crippen LogP contribution in [0.2, 0.25) is 0 Å². The van der Waals surface area contributed by atoms with Crippen LogP contribution in [-0.2, 0) is 20.6 Å². The molecule has 118 valence electrons. The number of thioether (sulfide) groups is 1. The summed E-state index contributed by atoms with van der Waals surface area (Å²) < 4.78 is 4.23. The van der Waals surface area contributed by atoms with Gasteiger partial charge in [0.25, 0.3) is 5.56 Å². The molecule has 0 N–H and O–H groups in total. The molecule has 0 aliphatic carbocycles. The SMILES string of the molecule is C=CCn1c(SC/C=C(\C)Cl)nc2c1c(=O)n(C)c(=O)n2C. The minimum absolute atomic E-state index is 0.358. The summed E-state index contributed by atoms with van der Waals surface area (Å²) in [6.45, 7) is 5.96. The quantitative estimate of drug-likeness (QED) is 0.615. The molecule has 0 bridgehead atoms. The maximum absolute atomic E-state index is 12.4. The zero-order valence-electron chi connectivity index (χ0n) is 12.7. The Bertz CT molecular complexity index is 872. The highest BCUT2D eigenvalue weighted by Crippen LogP contribution is 2.22. The smallest absolute Gasteiger partial charge is 0.309 e. The van der Waals surface area contributed by atoms with Gasteiger partial charge in [-0.15, -0.1) is 6.58 Å². The molecule has 0 spiro atoms. The fraction of sp³-hybridized carbons (Fsp3) is 0.357. The minimum Gasteiger partial charge on any atom is -0.309 e. The molecule has 2 aromatic heterocycles. The predicted molar refractivity (Wildman–Crippen MR) is 90.7 cm³/mol. The second-order valence-electron chi connectivity index (χ2n) is 4.77. The number of halogens is 1. The second kappa shape index (κ2) is 6.58. The van der Waals surface area contributed by atoms with Crippen molar-refractivity contribution in [2.24, 2.45) is 14.1 Å². The average Bonchev–Trinajstić information content (AvgIpc) is 2.82. The zero-order chi connectivity index (χ0) is 16.4. The van der Waals surface area contributed by atoms with Gasteiger partial charge in [0.2, 0.25) is 0 Å². The fourth-order valence-electron chi connectivity index (χ4n) is 2.07. The summed E-state index contributed by atoms with van der Waals surface area (Å²) in [7, 11) is 3.06. The van der Waals surface area contributed by atoms with E-state index in [2.05, 4.69) is 11.6 Å². The molecule has 0 aromatic carbocycles. The van der Waals surface area contributed by atoms with Crippen LogP contribution in [0, 0.1) is 0 Å². The summed E-state index contributed by atoms with van der Waals surface area (Å²) in [6, 6.07) is 0. The van der Waals surface area contributed by atoms with Crippen LogP contribution in [0.3, 0.4) is 0 Å². The molecule has 0 fully saturated rings. The molecule has 0 saturated heterocycles. The number of fused-ring (bicyclic) bond motifs is 1. The molecule has 2 aromatic rings. The normalized spacial score (nSPS) is 12.1. The Morgan fingerprint density at radius 2 is 2.05 bits per heavy atom. The molecule has 8 heteroatoms.